The minimum Gasteiger partial charge on any atom is -0.267 e. The molecule has 0 atom stereocenters. The summed E-state index contributed by atoms with van der Waals surface area (Å²) in [5.41, 5.74) is 3.47. The maximum Gasteiger partial charge on any atom is 0.280 e. The summed E-state index contributed by atoms with van der Waals surface area (Å²) in [6.45, 7) is 2.04. The maximum atomic E-state index is 13.1. The van der Waals surface area contributed by atoms with Crippen LogP contribution >= 0.6 is 27.3 Å². The Bertz CT molecular complexity index is 1150. The summed E-state index contributed by atoms with van der Waals surface area (Å²) in [6, 6.07) is 22.9. The van der Waals surface area contributed by atoms with E-state index in [4.69, 9.17) is 0 Å². The summed E-state index contributed by atoms with van der Waals surface area (Å²) >= 11 is 4.88. The van der Waals surface area contributed by atoms with E-state index in [1.54, 1.807) is 18.3 Å². The Labute approximate surface area is 175 Å². The Hall–Kier alpha value is -2.83. The van der Waals surface area contributed by atoms with Crippen molar-refractivity contribution in [2.24, 2.45) is 5.10 Å². The maximum absolute atomic E-state index is 13.1. The van der Waals surface area contributed by atoms with Gasteiger partial charge in [0.25, 0.3) is 5.91 Å². The van der Waals surface area contributed by atoms with Crippen LogP contribution in [0.4, 0.5) is 5.13 Å². The zero-order valence-corrected chi connectivity index (χ0v) is 17.4. The van der Waals surface area contributed by atoms with Gasteiger partial charge in [0.1, 0.15) is 0 Å². The van der Waals surface area contributed by atoms with E-state index in [1.165, 1.54) is 16.3 Å². The van der Waals surface area contributed by atoms with Gasteiger partial charge in [0.15, 0.2) is 0 Å². The van der Waals surface area contributed by atoms with Crippen molar-refractivity contribution in [3.63, 3.8) is 0 Å². The fourth-order valence-electron chi connectivity index (χ4n) is 2.68. The van der Waals surface area contributed by atoms with E-state index in [0.29, 0.717) is 10.7 Å². The average Bonchev–Trinajstić information content (AvgIpc) is 3.13. The second-order valence-electron chi connectivity index (χ2n) is 6.25. The third kappa shape index (κ3) is 4.03. The van der Waals surface area contributed by atoms with Crippen LogP contribution in [-0.4, -0.2) is 17.1 Å². The van der Waals surface area contributed by atoms with Crippen LogP contribution in [0.3, 0.4) is 0 Å². The Kier molecular flexibility index (Phi) is 5.32. The van der Waals surface area contributed by atoms with Crippen LogP contribution in [0, 0.1) is 6.92 Å². The normalized spacial score (nSPS) is 11.2. The molecule has 0 saturated carbocycles. The Morgan fingerprint density at radius 2 is 1.82 bits per heavy atom. The van der Waals surface area contributed by atoms with Gasteiger partial charge in [0.2, 0.25) is 5.13 Å². The number of halogens is 1. The van der Waals surface area contributed by atoms with Crippen molar-refractivity contribution in [2.45, 2.75) is 6.92 Å². The molecule has 0 saturated heterocycles. The molecule has 0 bridgehead atoms. The first-order valence-corrected chi connectivity index (χ1v) is 10.3. The summed E-state index contributed by atoms with van der Waals surface area (Å²) in [4.78, 5) is 17.8. The monoisotopic (exact) mass is 449 g/mol. The first-order chi connectivity index (χ1) is 13.6. The van der Waals surface area contributed by atoms with E-state index in [-0.39, 0.29) is 5.91 Å². The lowest BCUT2D eigenvalue weighted by atomic mass is 10.2. The van der Waals surface area contributed by atoms with Crippen molar-refractivity contribution in [2.75, 3.05) is 5.01 Å². The van der Waals surface area contributed by atoms with Gasteiger partial charge in [-0.05, 0) is 54.4 Å². The van der Waals surface area contributed by atoms with Gasteiger partial charge >= 0.3 is 0 Å². The number of aromatic nitrogens is 1. The summed E-state index contributed by atoms with van der Waals surface area (Å²) < 4.78 is 2.02. The standard InChI is InChI=1S/C22H16BrN3OS/c1-15-7-12-19-20(13-15)28-22(25-19)26(21(27)17-5-3-2-4-6-17)24-14-16-8-10-18(23)11-9-16/h2-14H,1H3/b24-14+. The molecule has 0 aliphatic rings. The van der Waals surface area contributed by atoms with Crippen LogP contribution in [0.1, 0.15) is 21.5 Å². The number of thiazole rings is 1. The molecule has 4 aromatic rings. The number of nitrogens with zero attached hydrogens (tertiary/aromatic N) is 3. The molecule has 1 heterocycles. The molecule has 0 aliphatic carbocycles. The molecule has 0 aliphatic heterocycles. The van der Waals surface area contributed by atoms with E-state index in [0.717, 1.165) is 25.8 Å². The minimum absolute atomic E-state index is 0.218. The second kappa shape index (κ2) is 8.04. The van der Waals surface area contributed by atoms with Crippen molar-refractivity contribution < 1.29 is 4.79 Å². The number of fused-ring (bicyclic) bond motifs is 1. The zero-order valence-electron chi connectivity index (χ0n) is 15.0. The number of carbonyl (C=O) groups excluding carboxylic acids is 1. The van der Waals surface area contributed by atoms with Crippen LogP contribution in [0.25, 0.3) is 10.2 Å². The lowest BCUT2D eigenvalue weighted by Crippen LogP contribution is -2.25. The molecule has 0 radical (unpaired) electrons. The second-order valence-corrected chi connectivity index (χ2v) is 8.17. The minimum atomic E-state index is -0.218. The van der Waals surface area contributed by atoms with Crippen LogP contribution in [-0.2, 0) is 0 Å². The van der Waals surface area contributed by atoms with Gasteiger partial charge in [0, 0.05) is 10.0 Å². The molecule has 4 rings (SSSR count). The third-order valence-electron chi connectivity index (χ3n) is 4.12. The highest BCUT2D eigenvalue weighted by Crippen LogP contribution is 2.30. The fraction of sp³-hybridized carbons (Fsp3) is 0.0455. The lowest BCUT2D eigenvalue weighted by molar-refractivity contribution is 0.0988. The number of aryl methyl sites for hydroxylation is 1. The van der Waals surface area contributed by atoms with Crippen molar-refractivity contribution in [3.05, 3.63) is 94.0 Å². The van der Waals surface area contributed by atoms with Crippen LogP contribution in [0.2, 0.25) is 0 Å². The van der Waals surface area contributed by atoms with E-state index in [1.807, 2.05) is 61.5 Å². The summed E-state index contributed by atoms with van der Waals surface area (Å²) in [5.74, 6) is -0.218. The van der Waals surface area contributed by atoms with Crippen LogP contribution in [0.15, 0.2) is 82.4 Å². The molecule has 0 N–H and O–H groups in total. The Morgan fingerprint density at radius 3 is 2.57 bits per heavy atom. The van der Waals surface area contributed by atoms with Crippen molar-refractivity contribution >= 4 is 54.7 Å². The van der Waals surface area contributed by atoms with Crippen LogP contribution in [0.5, 0.6) is 0 Å². The number of anilines is 1. The highest BCUT2D eigenvalue weighted by Gasteiger charge is 2.20. The first kappa shape index (κ1) is 18.5. The van der Waals surface area contributed by atoms with Gasteiger partial charge in [-0.3, -0.25) is 4.79 Å². The molecule has 0 spiro atoms. The zero-order chi connectivity index (χ0) is 19.5. The SMILES string of the molecule is Cc1ccc2nc(N(/N=C/c3ccc(Br)cc3)C(=O)c3ccccc3)sc2c1. The number of hydrogen-bond donors (Lipinski definition) is 0. The van der Waals surface area contributed by atoms with Crippen molar-refractivity contribution in [1.29, 1.82) is 0 Å². The van der Waals surface area contributed by atoms with Crippen molar-refractivity contribution in [3.8, 4) is 0 Å². The van der Waals surface area contributed by atoms with E-state index >= 15 is 0 Å². The number of benzene rings is 3. The molecule has 28 heavy (non-hydrogen) atoms. The van der Waals surface area contributed by atoms with Gasteiger partial charge in [0.05, 0.1) is 16.4 Å². The van der Waals surface area contributed by atoms with E-state index in [2.05, 4.69) is 32.1 Å². The quantitative estimate of drug-likeness (QED) is 0.281. The van der Waals surface area contributed by atoms with Gasteiger partial charge in [-0.1, -0.05) is 63.7 Å². The van der Waals surface area contributed by atoms with Crippen LogP contribution < -0.4 is 5.01 Å². The third-order valence-corrected chi connectivity index (χ3v) is 5.64. The molecule has 1 aromatic heterocycles. The topological polar surface area (TPSA) is 45.6 Å². The van der Waals surface area contributed by atoms with E-state index < -0.39 is 0 Å². The Balaban J connectivity index is 1.75. The van der Waals surface area contributed by atoms with Gasteiger partial charge < -0.3 is 0 Å². The molecule has 6 heteroatoms. The average molecular weight is 450 g/mol. The predicted octanol–water partition coefficient (Wildman–Crippen LogP) is 6.05. The predicted molar refractivity (Wildman–Crippen MR) is 119 cm³/mol. The number of hydrogen-bond acceptors (Lipinski definition) is 4. The van der Waals surface area contributed by atoms with Crippen molar-refractivity contribution in [1.82, 2.24) is 4.98 Å². The molecule has 0 unspecified atom stereocenters. The summed E-state index contributed by atoms with van der Waals surface area (Å²) in [7, 11) is 0. The Morgan fingerprint density at radius 1 is 1.07 bits per heavy atom. The largest absolute Gasteiger partial charge is 0.280 e. The van der Waals surface area contributed by atoms with Gasteiger partial charge in [-0.15, -0.1) is 0 Å². The van der Waals surface area contributed by atoms with Gasteiger partial charge in [-0.2, -0.15) is 10.1 Å². The lowest BCUT2D eigenvalue weighted by Gasteiger charge is -2.13. The molecular weight excluding hydrogens is 434 g/mol. The molecule has 3 aromatic carbocycles. The number of amides is 1. The summed E-state index contributed by atoms with van der Waals surface area (Å²) in [5, 5.41) is 6.40. The van der Waals surface area contributed by atoms with Gasteiger partial charge in [-0.25, -0.2) is 4.98 Å². The molecule has 0 fully saturated rings. The van der Waals surface area contributed by atoms with E-state index in [9.17, 15) is 4.79 Å². The highest BCUT2D eigenvalue weighted by atomic mass is 79.9. The number of carbonyl (C=O) groups is 1. The number of rotatable bonds is 4. The fourth-order valence-corrected chi connectivity index (χ4v) is 3.96. The molecule has 4 nitrogen and oxygen atoms in total. The summed E-state index contributed by atoms with van der Waals surface area (Å²) in [6.07, 6.45) is 1.67. The smallest absolute Gasteiger partial charge is 0.267 e. The number of hydrazone groups is 1. The molecular formula is C22H16BrN3OS. The first-order valence-electron chi connectivity index (χ1n) is 8.66. The highest BCUT2D eigenvalue weighted by molar-refractivity contribution is 9.10. The molecule has 138 valence electrons. The molecule has 1 amide bonds.